The highest BCUT2D eigenvalue weighted by atomic mass is 32.1. The van der Waals surface area contributed by atoms with Crippen LogP contribution in [0.3, 0.4) is 0 Å². The third kappa shape index (κ3) is 5.80. The van der Waals surface area contributed by atoms with Gasteiger partial charge in [0.15, 0.2) is 0 Å². The fourth-order valence-corrected chi connectivity index (χ4v) is 10.4. The number of thiophene rings is 1. The van der Waals surface area contributed by atoms with Gasteiger partial charge >= 0.3 is 0 Å². The van der Waals surface area contributed by atoms with Gasteiger partial charge in [-0.25, -0.2) is 9.97 Å². The van der Waals surface area contributed by atoms with E-state index in [0.717, 1.165) is 98.8 Å². The summed E-state index contributed by atoms with van der Waals surface area (Å²) in [6, 6.07) is 73.8. The van der Waals surface area contributed by atoms with Crippen LogP contribution in [0.1, 0.15) is 0 Å². The minimum Gasteiger partial charge on any atom is -0.294 e. The maximum Gasteiger partial charge on any atom is 0.138 e. The predicted molar refractivity (Wildman–Crippen MR) is 263 cm³/mol. The number of aromatic nitrogens is 5. The Balaban J connectivity index is 0.937. The Morgan fingerprint density at radius 3 is 1.71 bits per heavy atom. The van der Waals surface area contributed by atoms with Crippen LogP contribution in [0.4, 0.5) is 0 Å². The van der Waals surface area contributed by atoms with Crippen LogP contribution in [0.5, 0.6) is 0 Å². The number of nitrogens with zero attached hydrogens (tertiary/aromatic N) is 5. The molecule has 0 aliphatic heterocycles. The molecule has 5 nitrogen and oxygen atoms in total. The van der Waals surface area contributed by atoms with Crippen LogP contribution in [-0.2, 0) is 0 Å². The molecule has 7 aromatic carbocycles. The van der Waals surface area contributed by atoms with E-state index in [1.54, 1.807) is 11.3 Å². The number of pyridine rings is 3. The van der Waals surface area contributed by atoms with Gasteiger partial charge in [-0.05, 0) is 106 Å². The van der Waals surface area contributed by atoms with Crippen LogP contribution < -0.4 is 0 Å². The summed E-state index contributed by atoms with van der Waals surface area (Å²) < 4.78 is 6.91. The lowest BCUT2D eigenvalue weighted by molar-refractivity contribution is 1.08. The van der Waals surface area contributed by atoms with E-state index in [0.29, 0.717) is 0 Å². The molecule has 0 N–H and O–H groups in total. The lowest BCUT2D eigenvalue weighted by Gasteiger charge is -2.13. The van der Waals surface area contributed by atoms with Crippen molar-refractivity contribution in [1.82, 2.24) is 24.1 Å². The van der Waals surface area contributed by atoms with Crippen molar-refractivity contribution in [2.75, 3.05) is 0 Å². The number of hydrogen-bond donors (Lipinski definition) is 0. The highest BCUT2D eigenvalue weighted by molar-refractivity contribution is 7.25. The maximum atomic E-state index is 5.34. The van der Waals surface area contributed by atoms with Crippen molar-refractivity contribution >= 4 is 75.4 Å². The monoisotopic (exact) mass is 821 g/mol. The van der Waals surface area contributed by atoms with Crippen molar-refractivity contribution in [1.29, 1.82) is 0 Å². The summed E-state index contributed by atoms with van der Waals surface area (Å²) in [6.45, 7) is 0. The van der Waals surface area contributed by atoms with Crippen molar-refractivity contribution < 1.29 is 0 Å². The largest absolute Gasteiger partial charge is 0.294 e. The van der Waals surface area contributed by atoms with Gasteiger partial charge in [-0.15, -0.1) is 11.3 Å². The summed E-state index contributed by atoms with van der Waals surface area (Å²) in [5.74, 6) is 1.77. The van der Waals surface area contributed by atoms with E-state index in [-0.39, 0.29) is 0 Å². The fraction of sp³-hybridized carbons (Fsp3) is 0. The Morgan fingerprint density at radius 1 is 0.317 bits per heavy atom. The second-order valence-electron chi connectivity index (χ2n) is 16.0. The average Bonchev–Trinajstić information content (AvgIpc) is 4.01. The second kappa shape index (κ2) is 14.2. The number of hydrogen-bond acceptors (Lipinski definition) is 4. The minimum absolute atomic E-state index is 0.885. The SMILES string of the molecule is c1ccc(-c2cc(-c3ccccc3)nc(-n3c4ccccc4c4cc(-c5cccc(-c6ccc7c8ccccc8n(-c8ccc9sc%10cccnc%10c9n8)c7c6)c5)ccc43)c2)cc1. The first-order valence-electron chi connectivity index (χ1n) is 21.2. The fourth-order valence-electron chi connectivity index (χ4n) is 9.44. The first-order valence-corrected chi connectivity index (χ1v) is 22.0. The second-order valence-corrected chi connectivity index (χ2v) is 17.1. The molecule has 13 aromatic rings. The molecular formula is C57H35N5S. The van der Waals surface area contributed by atoms with Crippen molar-refractivity contribution in [2.45, 2.75) is 0 Å². The van der Waals surface area contributed by atoms with E-state index in [2.05, 4.69) is 209 Å². The van der Waals surface area contributed by atoms with E-state index in [1.807, 2.05) is 12.3 Å². The molecule has 0 unspecified atom stereocenters. The van der Waals surface area contributed by atoms with Gasteiger partial charge in [0.1, 0.15) is 22.7 Å². The summed E-state index contributed by atoms with van der Waals surface area (Å²) in [7, 11) is 0. The molecule has 6 heteroatoms. The molecule has 0 aliphatic carbocycles. The molecule has 0 spiro atoms. The summed E-state index contributed by atoms with van der Waals surface area (Å²) in [6.07, 6.45) is 1.85. The standard InChI is InChI=1S/C57H35N5S/c1-3-13-36(14-4-1)42-33-47(37-15-5-2-6-16-37)59-55(35-42)61-49-22-10-8-20-44(49)46-32-40(25-27-50(46)61)38-17-11-18-39(31-38)41-24-26-45-43-19-7-9-21-48(43)62(51(45)34-41)54-29-28-53-57(60-54)56-52(63-53)23-12-30-58-56/h1-35H. The lowest BCUT2D eigenvalue weighted by Crippen LogP contribution is -2.00. The number of rotatable bonds is 6. The van der Waals surface area contributed by atoms with Crippen molar-refractivity contribution in [3.63, 3.8) is 0 Å². The van der Waals surface area contributed by atoms with E-state index >= 15 is 0 Å². The van der Waals surface area contributed by atoms with Gasteiger partial charge in [0.05, 0.1) is 37.2 Å². The molecule has 13 rings (SSSR count). The van der Waals surface area contributed by atoms with Gasteiger partial charge in [-0.1, -0.05) is 133 Å². The first-order chi connectivity index (χ1) is 31.2. The Labute approximate surface area is 366 Å². The Kier molecular flexibility index (Phi) is 8.01. The molecule has 0 fully saturated rings. The number of benzene rings is 7. The zero-order chi connectivity index (χ0) is 41.4. The van der Waals surface area contributed by atoms with Crippen molar-refractivity contribution in [2.24, 2.45) is 0 Å². The molecule has 0 saturated carbocycles. The van der Waals surface area contributed by atoms with Crippen LogP contribution in [-0.4, -0.2) is 24.1 Å². The van der Waals surface area contributed by atoms with Crippen LogP contribution in [0.2, 0.25) is 0 Å². The summed E-state index contributed by atoms with van der Waals surface area (Å²) in [5, 5.41) is 4.77. The quantitative estimate of drug-likeness (QED) is 0.168. The molecule has 294 valence electrons. The molecule has 0 saturated heterocycles. The van der Waals surface area contributed by atoms with E-state index in [4.69, 9.17) is 15.0 Å². The molecule has 0 aliphatic rings. The summed E-state index contributed by atoms with van der Waals surface area (Å²) in [4.78, 5) is 15.3. The Morgan fingerprint density at radius 2 is 0.921 bits per heavy atom. The van der Waals surface area contributed by atoms with Gasteiger partial charge in [-0.2, -0.15) is 0 Å². The van der Waals surface area contributed by atoms with Crippen molar-refractivity contribution in [3.8, 4) is 56.3 Å². The average molecular weight is 822 g/mol. The summed E-state index contributed by atoms with van der Waals surface area (Å²) >= 11 is 1.74. The van der Waals surface area contributed by atoms with Crippen molar-refractivity contribution in [3.05, 3.63) is 212 Å². The minimum atomic E-state index is 0.885. The molecule has 0 atom stereocenters. The zero-order valence-electron chi connectivity index (χ0n) is 33.9. The first kappa shape index (κ1) is 35.6. The molecule has 0 amide bonds. The van der Waals surface area contributed by atoms with Gasteiger partial charge in [0.2, 0.25) is 0 Å². The molecular weight excluding hydrogens is 787 g/mol. The zero-order valence-corrected chi connectivity index (χ0v) is 34.7. The molecule has 0 bridgehead atoms. The number of fused-ring (bicyclic) bond motifs is 9. The van der Waals surface area contributed by atoms with Gasteiger partial charge in [0, 0.05) is 33.3 Å². The normalized spacial score (nSPS) is 11.8. The molecule has 6 aromatic heterocycles. The molecule has 63 heavy (non-hydrogen) atoms. The molecule has 6 heterocycles. The maximum absolute atomic E-state index is 5.34. The van der Waals surface area contributed by atoms with Crippen LogP contribution in [0.25, 0.3) is 120 Å². The van der Waals surface area contributed by atoms with Crippen LogP contribution >= 0.6 is 11.3 Å². The van der Waals surface area contributed by atoms with Gasteiger partial charge in [0.25, 0.3) is 0 Å². The highest BCUT2D eigenvalue weighted by Gasteiger charge is 2.19. The van der Waals surface area contributed by atoms with Crippen LogP contribution in [0, 0.1) is 0 Å². The van der Waals surface area contributed by atoms with E-state index in [9.17, 15) is 0 Å². The lowest BCUT2D eigenvalue weighted by atomic mass is 9.97. The van der Waals surface area contributed by atoms with Crippen LogP contribution in [0.15, 0.2) is 212 Å². The third-order valence-electron chi connectivity index (χ3n) is 12.4. The smallest absolute Gasteiger partial charge is 0.138 e. The number of para-hydroxylation sites is 2. The van der Waals surface area contributed by atoms with Gasteiger partial charge in [-0.3, -0.25) is 14.1 Å². The Bertz CT molecular complexity index is 3860. The topological polar surface area (TPSA) is 48.5 Å². The van der Waals surface area contributed by atoms with E-state index in [1.165, 1.54) is 21.5 Å². The van der Waals surface area contributed by atoms with E-state index < -0.39 is 0 Å². The predicted octanol–water partition coefficient (Wildman–Crippen LogP) is 15.1. The summed E-state index contributed by atoms with van der Waals surface area (Å²) in [5.41, 5.74) is 15.3. The highest BCUT2D eigenvalue weighted by Crippen LogP contribution is 2.40. The molecule has 0 radical (unpaired) electrons. The third-order valence-corrected chi connectivity index (χ3v) is 13.5. The Hall–Kier alpha value is -8.19. The van der Waals surface area contributed by atoms with Gasteiger partial charge < -0.3 is 0 Å².